The summed E-state index contributed by atoms with van der Waals surface area (Å²) in [6, 6.07) is 3.38. The maximum atomic E-state index is 11.8. The van der Waals surface area contributed by atoms with Crippen molar-refractivity contribution in [1.29, 1.82) is 0 Å². The van der Waals surface area contributed by atoms with E-state index in [9.17, 15) is 4.79 Å². The van der Waals surface area contributed by atoms with Crippen molar-refractivity contribution in [3.63, 3.8) is 0 Å². The largest absolute Gasteiger partial charge is 0.403 e. The van der Waals surface area contributed by atoms with Crippen molar-refractivity contribution in [3.05, 3.63) is 34.3 Å². The van der Waals surface area contributed by atoms with Gasteiger partial charge in [-0.2, -0.15) is 11.3 Å². The Bertz CT molecular complexity index is 701. The van der Waals surface area contributed by atoms with Gasteiger partial charge in [-0.15, -0.1) is 5.10 Å². The Morgan fingerprint density at radius 1 is 1.42 bits per heavy atom. The van der Waals surface area contributed by atoms with Crippen LogP contribution >= 0.6 is 11.3 Å². The minimum Gasteiger partial charge on any atom is -0.403 e. The van der Waals surface area contributed by atoms with Crippen molar-refractivity contribution in [1.82, 2.24) is 15.4 Å². The van der Waals surface area contributed by atoms with Gasteiger partial charge in [0.05, 0.1) is 5.69 Å². The zero-order valence-electron chi connectivity index (χ0n) is 9.78. The second-order valence-corrected chi connectivity index (χ2v) is 4.49. The van der Waals surface area contributed by atoms with Gasteiger partial charge in [-0.05, 0) is 18.4 Å². The summed E-state index contributed by atoms with van der Waals surface area (Å²) in [5.41, 5.74) is 1.43. The van der Waals surface area contributed by atoms with Crippen molar-refractivity contribution in [2.75, 3.05) is 5.32 Å². The van der Waals surface area contributed by atoms with Gasteiger partial charge in [0.15, 0.2) is 0 Å². The molecule has 0 aliphatic heterocycles. The Labute approximate surface area is 111 Å². The Hall–Kier alpha value is -2.48. The van der Waals surface area contributed by atoms with Crippen LogP contribution in [-0.2, 0) is 0 Å². The number of rotatable bonds is 3. The Morgan fingerprint density at radius 3 is 3.00 bits per heavy atom. The van der Waals surface area contributed by atoms with Crippen LogP contribution in [0.1, 0.15) is 16.2 Å². The fourth-order valence-electron chi connectivity index (χ4n) is 1.41. The number of aryl methyl sites for hydroxylation is 1. The van der Waals surface area contributed by atoms with E-state index in [0.717, 1.165) is 5.56 Å². The molecule has 0 atom stereocenters. The van der Waals surface area contributed by atoms with Gasteiger partial charge in [0.2, 0.25) is 5.76 Å². The molecule has 0 radical (unpaired) electrons. The maximum Gasteiger partial charge on any atom is 0.322 e. The lowest BCUT2D eigenvalue weighted by Gasteiger charge is -1.94. The number of hydrogen-bond donors (Lipinski definition) is 1. The molecule has 1 amide bonds. The summed E-state index contributed by atoms with van der Waals surface area (Å²) in [5.74, 6) is -0.0424. The van der Waals surface area contributed by atoms with E-state index in [1.165, 1.54) is 17.4 Å². The van der Waals surface area contributed by atoms with Crippen LogP contribution in [0, 0.1) is 6.92 Å². The van der Waals surface area contributed by atoms with Crippen LogP contribution in [0.25, 0.3) is 11.5 Å². The molecule has 0 unspecified atom stereocenters. The summed E-state index contributed by atoms with van der Waals surface area (Å²) < 4.78 is 10.1. The van der Waals surface area contributed by atoms with E-state index < -0.39 is 5.91 Å². The molecule has 0 fully saturated rings. The summed E-state index contributed by atoms with van der Waals surface area (Å²) in [6.45, 7) is 1.72. The molecule has 0 spiro atoms. The predicted molar refractivity (Wildman–Crippen MR) is 66.8 cm³/mol. The van der Waals surface area contributed by atoms with E-state index in [1.54, 1.807) is 6.92 Å². The summed E-state index contributed by atoms with van der Waals surface area (Å²) in [7, 11) is 0. The zero-order valence-corrected chi connectivity index (χ0v) is 10.6. The molecule has 3 rings (SSSR count). The van der Waals surface area contributed by atoms with Crippen molar-refractivity contribution >= 4 is 23.3 Å². The average Bonchev–Trinajstić information content (AvgIpc) is 3.07. The Kier molecular flexibility index (Phi) is 2.84. The summed E-state index contributed by atoms with van der Waals surface area (Å²) in [5, 5.41) is 17.4. The van der Waals surface area contributed by atoms with Gasteiger partial charge in [-0.1, -0.05) is 10.3 Å². The first-order valence-electron chi connectivity index (χ1n) is 5.33. The van der Waals surface area contributed by atoms with E-state index in [-0.39, 0.29) is 11.8 Å². The molecule has 1 N–H and O–H groups in total. The minimum absolute atomic E-state index is 0.0141. The topological polar surface area (TPSA) is 94.1 Å². The van der Waals surface area contributed by atoms with Crippen LogP contribution in [-0.4, -0.2) is 21.3 Å². The summed E-state index contributed by atoms with van der Waals surface area (Å²) in [6.07, 6.45) is 0. The van der Waals surface area contributed by atoms with Crippen LogP contribution < -0.4 is 5.32 Å². The summed E-state index contributed by atoms with van der Waals surface area (Å²) in [4.78, 5) is 11.8. The van der Waals surface area contributed by atoms with Crippen molar-refractivity contribution < 1.29 is 13.7 Å². The number of nitrogens with one attached hydrogen (secondary N) is 1. The molecule has 7 nitrogen and oxygen atoms in total. The third kappa shape index (κ3) is 2.38. The molecule has 0 aliphatic rings. The minimum atomic E-state index is -0.485. The fraction of sp³-hybridized carbons (Fsp3) is 0.0909. The van der Waals surface area contributed by atoms with Gasteiger partial charge >= 0.3 is 6.01 Å². The quantitative estimate of drug-likeness (QED) is 0.789. The van der Waals surface area contributed by atoms with Crippen molar-refractivity contribution in [2.45, 2.75) is 6.92 Å². The highest BCUT2D eigenvalue weighted by molar-refractivity contribution is 7.08. The maximum absolute atomic E-state index is 11.8. The number of thiophene rings is 1. The third-order valence-electron chi connectivity index (χ3n) is 2.27. The van der Waals surface area contributed by atoms with Crippen molar-refractivity contribution in [3.8, 4) is 11.5 Å². The monoisotopic (exact) mass is 276 g/mol. The molecular weight excluding hydrogens is 268 g/mol. The predicted octanol–water partition coefficient (Wildman–Crippen LogP) is 2.35. The molecule has 0 saturated carbocycles. The van der Waals surface area contributed by atoms with Gasteiger partial charge in [-0.3, -0.25) is 10.1 Å². The van der Waals surface area contributed by atoms with E-state index in [4.69, 9.17) is 8.94 Å². The van der Waals surface area contributed by atoms with Gasteiger partial charge in [0.1, 0.15) is 0 Å². The highest BCUT2D eigenvalue weighted by Crippen LogP contribution is 2.22. The number of hydrogen-bond acceptors (Lipinski definition) is 7. The molecule has 3 aromatic rings. The standard InChI is InChI=1S/C11H8N4O3S/c1-6-4-8(18-15-6)9(16)12-11-14-13-10(17-11)7-2-3-19-5-7/h2-5H,1H3,(H,12,14,16). The van der Waals surface area contributed by atoms with Crippen molar-refractivity contribution in [2.24, 2.45) is 0 Å². The smallest absolute Gasteiger partial charge is 0.322 e. The SMILES string of the molecule is Cc1cc(C(=O)Nc2nnc(-c3ccsc3)o2)on1. The van der Waals surface area contributed by atoms with Crippen LogP contribution in [0.15, 0.2) is 31.8 Å². The lowest BCUT2D eigenvalue weighted by molar-refractivity contribution is 0.0985. The number of carbonyl (C=O) groups excluding carboxylic acids is 1. The number of amides is 1. The summed E-state index contributed by atoms with van der Waals surface area (Å²) >= 11 is 1.52. The first-order valence-corrected chi connectivity index (χ1v) is 6.27. The number of aromatic nitrogens is 3. The lowest BCUT2D eigenvalue weighted by Crippen LogP contribution is -2.11. The zero-order chi connectivity index (χ0) is 13.2. The molecule has 0 aromatic carbocycles. The Balaban J connectivity index is 1.76. The molecule has 3 heterocycles. The van der Waals surface area contributed by atoms with E-state index in [1.807, 2.05) is 16.8 Å². The van der Waals surface area contributed by atoms with Gasteiger partial charge in [0.25, 0.3) is 11.8 Å². The first-order chi connectivity index (χ1) is 9.22. The molecule has 0 aliphatic carbocycles. The lowest BCUT2D eigenvalue weighted by atomic mass is 10.3. The number of carbonyl (C=O) groups is 1. The van der Waals surface area contributed by atoms with Gasteiger partial charge < -0.3 is 8.94 Å². The fourth-order valence-corrected chi connectivity index (χ4v) is 2.04. The van der Waals surface area contributed by atoms with E-state index in [0.29, 0.717) is 11.6 Å². The van der Waals surface area contributed by atoms with Gasteiger partial charge in [-0.25, -0.2) is 0 Å². The first kappa shape index (κ1) is 11.6. The molecule has 19 heavy (non-hydrogen) atoms. The number of nitrogens with zero attached hydrogens (tertiary/aromatic N) is 3. The van der Waals surface area contributed by atoms with Crippen LogP contribution in [0.2, 0.25) is 0 Å². The molecule has 96 valence electrons. The van der Waals surface area contributed by atoms with Gasteiger partial charge in [0, 0.05) is 17.0 Å². The molecule has 8 heteroatoms. The van der Waals surface area contributed by atoms with Crippen LogP contribution in [0.5, 0.6) is 0 Å². The Morgan fingerprint density at radius 2 is 2.32 bits per heavy atom. The molecule has 3 aromatic heterocycles. The number of anilines is 1. The van der Waals surface area contributed by atoms with Crippen LogP contribution in [0.4, 0.5) is 6.01 Å². The normalized spacial score (nSPS) is 10.6. The second-order valence-electron chi connectivity index (χ2n) is 3.71. The highest BCUT2D eigenvalue weighted by atomic mass is 32.1. The molecule has 0 saturated heterocycles. The van der Waals surface area contributed by atoms with Crippen LogP contribution in [0.3, 0.4) is 0 Å². The average molecular weight is 276 g/mol. The molecular formula is C11H8N4O3S. The van der Waals surface area contributed by atoms with E-state index in [2.05, 4.69) is 20.7 Å². The second kappa shape index (κ2) is 4.65. The highest BCUT2D eigenvalue weighted by Gasteiger charge is 2.16. The molecule has 0 bridgehead atoms. The third-order valence-corrected chi connectivity index (χ3v) is 2.95. The van der Waals surface area contributed by atoms with E-state index >= 15 is 0 Å².